The summed E-state index contributed by atoms with van der Waals surface area (Å²) in [7, 11) is -3.53. The number of benzene rings is 1. The maximum absolute atomic E-state index is 13.7. The van der Waals surface area contributed by atoms with Gasteiger partial charge in [0.15, 0.2) is 0 Å². The lowest BCUT2D eigenvalue weighted by molar-refractivity contribution is 0.463. The van der Waals surface area contributed by atoms with E-state index in [1.54, 1.807) is 0 Å². The molecule has 0 amide bonds. The van der Waals surface area contributed by atoms with E-state index in [4.69, 9.17) is 0 Å². The molecule has 0 bridgehead atoms. The summed E-state index contributed by atoms with van der Waals surface area (Å²) in [4.78, 5) is 0.179. The molecule has 6 heteroatoms. The number of rotatable bonds is 5. The number of sulfonamides is 1. The summed E-state index contributed by atoms with van der Waals surface area (Å²) in [5, 5.41) is 3.02. The van der Waals surface area contributed by atoms with Crippen molar-refractivity contribution in [3.63, 3.8) is 0 Å². The van der Waals surface area contributed by atoms with E-state index in [1.807, 2.05) is 6.92 Å². The van der Waals surface area contributed by atoms with Crippen LogP contribution in [0.15, 0.2) is 23.1 Å². The Bertz CT molecular complexity index is 594. The van der Waals surface area contributed by atoms with Gasteiger partial charge in [-0.3, -0.25) is 0 Å². The topological polar surface area (TPSA) is 49.4 Å². The van der Waals surface area contributed by atoms with Crippen LogP contribution in [-0.4, -0.2) is 32.4 Å². The first-order valence-corrected chi connectivity index (χ1v) is 8.79. The molecule has 1 fully saturated rings. The van der Waals surface area contributed by atoms with Crippen LogP contribution in [0, 0.1) is 17.7 Å². The van der Waals surface area contributed by atoms with E-state index in [0.717, 1.165) is 0 Å². The largest absolute Gasteiger partial charge is 0.313 e. The van der Waals surface area contributed by atoms with Gasteiger partial charge in [-0.05, 0) is 36.6 Å². The molecule has 2 atom stereocenters. The second-order valence-corrected chi connectivity index (χ2v) is 7.75. The van der Waals surface area contributed by atoms with E-state index in [2.05, 4.69) is 19.2 Å². The molecule has 0 aromatic heterocycles. The second-order valence-electron chi connectivity index (χ2n) is 5.81. The van der Waals surface area contributed by atoms with Crippen LogP contribution in [-0.2, 0) is 16.6 Å². The minimum atomic E-state index is -3.53. The van der Waals surface area contributed by atoms with E-state index < -0.39 is 10.0 Å². The van der Waals surface area contributed by atoms with Crippen LogP contribution in [0.2, 0.25) is 0 Å². The molecule has 0 aliphatic carbocycles. The van der Waals surface area contributed by atoms with E-state index in [9.17, 15) is 12.8 Å². The zero-order chi connectivity index (χ0) is 15.6. The summed E-state index contributed by atoms with van der Waals surface area (Å²) in [5.74, 6) is 0.320. The normalized spacial score (nSPS) is 23.6. The molecule has 1 saturated heterocycles. The number of halogens is 1. The van der Waals surface area contributed by atoms with Gasteiger partial charge in [0.2, 0.25) is 10.0 Å². The fourth-order valence-corrected chi connectivity index (χ4v) is 4.22. The molecule has 2 rings (SSSR count). The molecule has 0 spiro atoms. The average Bonchev–Trinajstić information content (AvgIpc) is 2.78. The van der Waals surface area contributed by atoms with Gasteiger partial charge < -0.3 is 5.32 Å². The smallest absolute Gasteiger partial charge is 0.243 e. The van der Waals surface area contributed by atoms with Gasteiger partial charge in [0.05, 0.1) is 4.90 Å². The first-order chi connectivity index (χ1) is 9.86. The Hall–Kier alpha value is -0.980. The van der Waals surface area contributed by atoms with Crippen molar-refractivity contribution < 1.29 is 12.8 Å². The molecule has 4 nitrogen and oxygen atoms in total. The fraction of sp³-hybridized carbons (Fsp3) is 0.600. The highest BCUT2D eigenvalue weighted by Crippen LogP contribution is 2.28. The number of hydrogen-bond donors (Lipinski definition) is 1. The van der Waals surface area contributed by atoms with Gasteiger partial charge >= 0.3 is 0 Å². The quantitative estimate of drug-likeness (QED) is 0.906. The predicted octanol–water partition coefficient (Wildman–Crippen LogP) is 2.21. The van der Waals surface area contributed by atoms with Crippen molar-refractivity contribution in [3.8, 4) is 0 Å². The zero-order valence-corrected chi connectivity index (χ0v) is 13.6. The molecule has 21 heavy (non-hydrogen) atoms. The molecule has 1 heterocycles. The van der Waals surface area contributed by atoms with Crippen LogP contribution in [0.5, 0.6) is 0 Å². The SMILES string of the molecule is CCNCc1cc(S(=O)(=O)N2CC(C)C(C)C2)ccc1F. The Morgan fingerprint density at radius 3 is 2.48 bits per heavy atom. The van der Waals surface area contributed by atoms with Crippen LogP contribution in [0.1, 0.15) is 26.3 Å². The molecule has 118 valence electrons. The zero-order valence-electron chi connectivity index (χ0n) is 12.8. The lowest BCUT2D eigenvalue weighted by Crippen LogP contribution is -2.29. The predicted molar refractivity (Wildman–Crippen MR) is 80.9 cm³/mol. The minimum Gasteiger partial charge on any atom is -0.313 e. The van der Waals surface area contributed by atoms with Crippen molar-refractivity contribution in [2.24, 2.45) is 11.8 Å². The van der Waals surface area contributed by atoms with Crippen LogP contribution in [0.25, 0.3) is 0 Å². The lowest BCUT2D eigenvalue weighted by atomic mass is 10.0. The third kappa shape index (κ3) is 3.44. The van der Waals surface area contributed by atoms with Gasteiger partial charge in [0.25, 0.3) is 0 Å². The first-order valence-electron chi connectivity index (χ1n) is 7.35. The molecular formula is C15H23FN2O2S. The Kier molecular flexibility index (Phi) is 5.01. The molecule has 1 N–H and O–H groups in total. The minimum absolute atomic E-state index is 0.179. The molecule has 1 aromatic rings. The highest BCUT2D eigenvalue weighted by molar-refractivity contribution is 7.89. The average molecular weight is 314 g/mol. The van der Waals surface area contributed by atoms with Crippen molar-refractivity contribution in [1.82, 2.24) is 9.62 Å². The van der Waals surface area contributed by atoms with Crippen molar-refractivity contribution in [2.45, 2.75) is 32.2 Å². The molecule has 1 aliphatic heterocycles. The van der Waals surface area contributed by atoms with Crippen molar-refractivity contribution in [3.05, 3.63) is 29.6 Å². The first kappa shape index (κ1) is 16.4. The molecule has 2 unspecified atom stereocenters. The van der Waals surface area contributed by atoms with E-state index in [-0.39, 0.29) is 10.7 Å². The van der Waals surface area contributed by atoms with Crippen molar-refractivity contribution >= 4 is 10.0 Å². The Labute approximate surface area is 126 Å². The fourth-order valence-electron chi connectivity index (χ4n) is 2.53. The molecule has 0 radical (unpaired) electrons. The van der Waals surface area contributed by atoms with E-state index in [0.29, 0.717) is 43.6 Å². The standard InChI is InChI=1S/C15H23FN2O2S/c1-4-17-8-13-7-14(5-6-15(13)16)21(19,20)18-9-11(2)12(3)10-18/h5-7,11-12,17H,4,8-10H2,1-3H3. The summed E-state index contributed by atoms with van der Waals surface area (Å²) in [5.41, 5.74) is 0.387. The second kappa shape index (κ2) is 6.42. The summed E-state index contributed by atoms with van der Waals surface area (Å²) in [6.45, 7) is 8.14. The Balaban J connectivity index is 2.28. The monoisotopic (exact) mass is 314 g/mol. The van der Waals surface area contributed by atoms with Gasteiger partial charge in [0, 0.05) is 25.2 Å². The Morgan fingerprint density at radius 2 is 1.90 bits per heavy atom. The maximum atomic E-state index is 13.7. The molecule has 0 saturated carbocycles. The summed E-state index contributed by atoms with van der Waals surface area (Å²) < 4.78 is 40.5. The van der Waals surface area contributed by atoms with Crippen LogP contribution >= 0.6 is 0 Å². The van der Waals surface area contributed by atoms with E-state index >= 15 is 0 Å². The molecule has 1 aromatic carbocycles. The van der Waals surface area contributed by atoms with Gasteiger partial charge in [-0.1, -0.05) is 20.8 Å². The third-order valence-electron chi connectivity index (χ3n) is 4.18. The van der Waals surface area contributed by atoms with Gasteiger partial charge in [-0.15, -0.1) is 0 Å². The highest BCUT2D eigenvalue weighted by atomic mass is 32.2. The van der Waals surface area contributed by atoms with E-state index in [1.165, 1.54) is 22.5 Å². The summed E-state index contributed by atoms with van der Waals surface area (Å²) in [6.07, 6.45) is 0. The van der Waals surface area contributed by atoms with Crippen molar-refractivity contribution in [1.29, 1.82) is 0 Å². The van der Waals surface area contributed by atoms with Gasteiger partial charge in [-0.2, -0.15) is 4.31 Å². The molecule has 1 aliphatic rings. The van der Waals surface area contributed by atoms with Gasteiger partial charge in [0.1, 0.15) is 5.82 Å². The summed E-state index contributed by atoms with van der Waals surface area (Å²) in [6, 6.07) is 4.04. The number of hydrogen-bond acceptors (Lipinski definition) is 3. The van der Waals surface area contributed by atoms with Crippen LogP contribution < -0.4 is 5.32 Å². The number of nitrogens with zero attached hydrogens (tertiary/aromatic N) is 1. The third-order valence-corrected chi connectivity index (χ3v) is 6.00. The van der Waals surface area contributed by atoms with Crippen molar-refractivity contribution in [2.75, 3.05) is 19.6 Å². The highest BCUT2D eigenvalue weighted by Gasteiger charge is 2.35. The Morgan fingerprint density at radius 1 is 1.29 bits per heavy atom. The van der Waals surface area contributed by atoms with Crippen LogP contribution in [0.3, 0.4) is 0 Å². The van der Waals surface area contributed by atoms with Gasteiger partial charge in [-0.25, -0.2) is 12.8 Å². The lowest BCUT2D eigenvalue weighted by Gasteiger charge is -2.17. The molecular weight excluding hydrogens is 291 g/mol. The number of nitrogens with one attached hydrogen (secondary N) is 1. The van der Waals surface area contributed by atoms with Crippen LogP contribution in [0.4, 0.5) is 4.39 Å². The summed E-state index contributed by atoms with van der Waals surface area (Å²) >= 11 is 0. The maximum Gasteiger partial charge on any atom is 0.243 e.